The van der Waals surface area contributed by atoms with Crippen LogP contribution >= 0.6 is 0 Å². The summed E-state index contributed by atoms with van der Waals surface area (Å²) in [5, 5.41) is 0. The average molecular weight is 573 g/mol. The minimum atomic E-state index is -7.92. The van der Waals surface area contributed by atoms with Gasteiger partial charge in [0.2, 0.25) is 0 Å². The van der Waals surface area contributed by atoms with Crippen molar-refractivity contribution in [1.29, 1.82) is 0 Å². The predicted molar refractivity (Wildman–Crippen MR) is 96.7 cm³/mol. The van der Waals surface area contributed by atoms with Gasteiger partial charge < -0.3 is 4.55 Å². The second kappa shape index (κ2) is 10.2. The highest BCUT2D eigenvalue weighted by Crippen LogP contribution is 2.60. The molecule has 0 aromatic heterocycles. The van der Waals surface area contributed by atoms with Crippen LogP contribution in [0.25, 0.3) is 0 Å². The standard InChI is InChI=1S/C19H19F13O3S/c1-11-7-8-13(36(33,34)35)12(10-11)6-4-2-3-5-9-14(20,21)15(22,23)16(24,25)17(26,27)18(28,29)19(30,31)32/h7-8,10H,2-6,9H2,1H3,(H,33,34,35)/p-1. The molecule has 1 rings (SSSR count). The van der Waals surface area contributed by atoms with Gasteiger partial charge >= 0.3 is 35.8 Å². The fraction of sp³-hybridized carbons (Fsp3) is 0.684. The van der Waals surface area contributed by atoms with E-state index in [4.69, 9.17) is 0 Å². The van der Waals surface area contributed by atoms with E-state index in [0.29, 0.717) is 5.56 Å². The average Bonchev–Trinajstić information content (AvgIpc) is 2.68. The molecule has 0 unspecified atom stereocenters. The summed E-state index contributed by atoms with van der Waals surface area (Å²) in [6.07, 6.45) is -11.5. The van der Waals surface area contributed by atoms with Crippen LogP contribution in [0.1, 0.15) is 43.2 Å². The van der Waals surface area contributed by atoms with Crippen LogP contribution in [0.15, 0.2) is 23.1 Å². The first kappa shape index (κ1) is 32.2. The molecular weight excluding hydrogens is 555 g/mol. The van der Waals surface area contributed by atoms with Gasteiger partial charge in [0, 0.05) is 6.42 Å². The fourth-order valence-electron chi connectivity index (χ4n) is 3.12. The third kappa shape index (κ3) is 6.02. The van der Waals surface area contributed by atoms with Crippen molar-refractivity contribution >= 4 is 10.1 Å². The molecule has 0 fully saturated rings. The number of hydrogen-bond donors (Lipinski definition) is 0. The molecular formula is C19H18F13O3S-. The van der Waals surface area contributed by atoms with E-state index in [1.54, 1.807) is 6.92 Å². The van der Waals surface area contributed by atoms with Gasteiger partial charge in [-0.3, -0.25) is 0 Å². The molecule has 0 saturated heterocycles. The van der Waals surface area contributed by atoms with Crippen LogP contribution in [0, 0.1) is 6.92 Å². The van der Waals surface area contributed by atoms with E-state index in [1.807, 2.05) is 0 Å². The molecule has 0 atom stereocenters. The highest BCUT2D eigenvalue weighted by atomic mass is 32.2. The molecule has 3 nitrogen and oxygen atoms in total. The number of hydrogen-bond acceptors (Lipinski definition) is 3. The van der Waals surface area contributed by atoms with Crippen molar-refractivity contribution in [2.24, 2.45) is 0 Å². The van der Waals surface area contributed by atoms with Gasteiger partial charge in [-0.25, -0.2) is 8.42 Å². The lowest BCUT2D eigenvalue weighted by atomic mass is 9.91. The summed E-state index contributed by atoms with van der Waals surface area (Å²) in [6, 6.07) is 3.67. The normalized spacial score (nSPS) is 14.9. The van der Waals surface area contributed by atoms with E-state index >= 15 is 0 Å². The molecule has 0 saturated carbocycles. The first-order valence-electron chi connectivity index (χ1n) is 9.86. The van der Waals surface area contributed by atoms with Crippen LogP contribution in [0.4, 0.5) is 57.1 Å². The van der Waals surface area contributed by atoms with Gasteiger partial charge in [0.25, 0.3) is 0 Å². The van der Waals surface area contributed by atoms with Crippen molar-refractivity contribution in [2.45, 2.75) is 86.1 Å². The molecule has 1 aromatic carbocycles. The zero-order chi connectivity index (χ0) is 28.6. The molecule has 17 heteroatoms. The summed E-state index contributed by atoms with van der Waals surface area (Å²) in [7, 11) is -4.87. The van der Waals surface area contributed by atoms with Crippen molar-refractivity contribution in [2.75, 3.05) is 0 Å². The molecule has 0 spiro atoms. The summed E-state index contributed by atoms with van der Waals surface area (Å²) >= 11 is 0. The Bertz CT molecular complexity index is 1020. The molecule has 0 radical (unpaired) electrons. The smallest absolute Gasteiger partial charge is 0.460 e. The van der Waals surface area contributed by atoms with Crippen molar-refractivity contribution in [1.82, 2.24) is 0 Å². The maximum Gasteiger partial charge on any atom is 0.460 e. The second-order valence-electron chi connectivity index (χ2n) is 7.98. The molecule has 210 valence electrons. The lowest BCUT2D eigenvalue weighted by molar-refractivity contribution is -0.440. The topological polar surface area (TPSA) is 57.2 Å². The first-order valence-corrected chi connectivity index (χ1v) is 11.3. The molecule has 0 heterocycles. The highest BCUT2D eigenvalue weighted by molar-refractivity contribution is 7.85. The highest BCUT2D eigenvalue weighted by Gasteiger charge is 2.90. The van der Waals surface area contributed by atoms with Crippen molar-refractivity contribution in [3.63, 3.8) is 0 Å². The van der Waals surface area contributed by atoms with Crippen LogP contribution in [0.3, 0.4) is 0 Å². The molecule has 0 aliphatic carbocycles. The van der Waals surface area contributed by atoms with Crippen LogP contribution in [0.5, 0.6) is 0 Å². The number of benzene rings is 1. The Labute approximate surface area is 196 Å². The Kier molecular flexibility index (Phi) is 9.11. The second-order valence-corrected chi connectivity index (χ2v) is 9.33. The monoisotopic (exact) mass is 573 g/mol. The molecule has 1 aromatic rings. The van der Waals surface area contributed by atoms with Crippen LogP contribution in [0.2, 0.25) is 0 Å². The van der Waals surface area contributed by atoms with E-state index < -0.39 is 70.1 Å². The molecule has 36 heavy (non-hydrogen) atoms. The lowest BCUT2D eigenvalue weighted by Gasteiger charge is -2.39. The molecule has 0 aliphatic rings. The Morgan fingerprint density at radius 2 is 1.17 bits per heavy atom. The quantitative estimate of drug-likeness (QED) is 0.152. The Morgan fingerprint density at radius 1 is 0.694 bits per heavy atom. The van der Waals surface area contributed by atoms with Gasteiger partial charge in [0.15, 0.2) is 0 Å². The Morgan fingerprint density at radius 3 is 1.64 bits per heavy atom. The van der Waals surface area contributed by atoms with Gasteiger partial charge in [0.1, 0.15) is 10.1 Å². The maximum absolute atomic E-state index is 13.7. The van der Waals surface area contributed by atoms with Crippen LogP contribution < -0.4 is 0 Å². The minimum absolute atomic E-state index is 0.0278. The Hall–Kier alpha value is -1.78. The van der Waals surface area contributed by atoms with Gasteiger partial charge in [0.05, 0.1) is 4.90 Å². The predicted octanol–water partition coefficient (Wildman–Crippen LogP) is 7.13. The zero-order valence-corrected chi connectivity index (χ0v) is 18.8. The lowest BCUT2D eigenvalue weighted by Crippen LogP contribution is -2.70. The van der Waals surface area contributed by atoms with E-state index in [1.165, 1.54) is 12.1 Å². The van der Waals surface area contributed by atoms with Crippen LogP contribution in [-0.2, 0) is 16.5 Å². The summed E-state index contributed by atoms with van der Waals surface area (Å²) in [4.78, 5) is -0.571. The summed E-state index contributed by atoms with van der Waals surface area (Å²) in [5.74, 6) is -36.9. The van der Waals surface area contributed by atoms with E-state index in [-0.39, 0.29) is 24.8 Å². The van der Waals surface area contributed by atoms with Crippen LogP contribution in [-0.4, -0.2) is 48.8 Å². The summed E-state index contributed by atoms with van der Waals surface area (Å²) < 4.78 is 203. The first-order chi connectivity index (χ1) is 15.8. The van der Waals surface area contributed by atoms with Gasteiger partial charge in [-0.1, -0.05) is 30.5 Å². The maximum atomic E-state index is 13.7. The molecule has 0 aliphatic heterocycles. The van der Waals surface area contributed by atoms with E-state index in [9.17, 15) is 70.0 Å². The number of unbranched alkanes of at least 4 members (excludes halogenated alkanes) is 3. The third-order valence-corrected chi connectivity index (χ3v) is 6.11. The fourth-order valence-corrected chi connectivity index (χ4v) is 3.84. The Balaban J connectivity index is 2.86. The SMILES string of the molecule is Cc1ccc(S(=O)(=O)[O-])c(CCCCCCC(F)(F)C(F)(F)C(F)(F)C(F)(F)C(F)(F)C(F)(F)F)c1. The number of aryl methyl sites for hydroxylation is 2. The van der Waals surface area contributed by atoms with Crippen molar-refractivity contribution < 1.29 is 70.0 Å². The van der Waals surface area contributed by atoms with E-state index in [2.05, 4.69) is 0 Å². The number of halogens is 13. The van der Waals surface area contributed by atoms with Crippen molar-refractivity contribution in [3.05, 3.63) is 29.3 Å². The van der Waals surface area contributed by atoms with Gasteiger partial charge in [-0.2, -0.15) is 57.1 Å². The summed E-state index contributed by atoms with van der Waals surface area (Å²) in [6.45, 7) is 1.55. The zero-order valence-electron chi connectivity index (χ0n) is 18.0. The number of rotatable bonds is 12. The van der Waals surface area contributed by atoms with Gasteiger partial charge in [-0.15, -0.1) is 0 Å². The third-order valence-electron chi connectivity index (χ3n) is 5.17. The molecule has 0 bridgehead atoms. The van der Waals surface area contributed by atoms with Gasteiger partial charge in [-0.05, 0) is 37.8 Å². The largest absolute Gasteiger partial charge is 0.744 e. The van der Waals surface area contributed by atoms with Crippen molar-refractivity contribution in [3.8, 4) is 0 Å². The molecule has 0 amide bonds. The van der Waals surface area contributed by atoms with E-state index in [0.717, 1.165) is 6.07 Å². The minimum Gasteiger partial charge on any atom is -0.744 e. The number of alkyl halides is 13. The summed E-state index contributed by atoms with van der Waals surface area (Å²) in [5.41, 5.74) is 0.599. The molecule has 0 N–H and O–H groups in total.